The lowest BCUT2D eigenvalue weighted by Crippen LogP contribution is -2.23. The van der Waals surface area contributed by atoms with Crippen molar-refractivity contribution in [2.45, 2.75) is 38.3 Å². The van der Waals surface area contributed by atoms with Gasteiger partial charge in [0.15, 0.2) is 0 Å². The molecule has 90 valence electrons. The Kier molecular flexibility index (Phi) is 1.71. The molecular formula is C16H16N2. The average Bonchev–Trinajstić information content (AvgIpc) is 2.83. The van der Waals surface area contributed by atoms with Gasteiger partial charge in [0.1, 0.15) is 6.04 Å². The third-order valence-electron chi connectivity index (χ3n) is 4.49. The summed E-state index contributed by atoms with van der Waals surface area (Å²) in [6.07, 6.45) is 0. The first kappa shape index (κ1) is 10.2. The molecule has 2 aromatic rings. The minimum Gasteiger partial charge on any atom is -0.187 e. The Balaban J connectivity index is 2.13. The Morgan fingerprint density at radius 1 is 1.06 bits per heavy atom. The number of rotatable bonds is 0. The molecule has 1 aliphatic heterocycles. The largest absolute Gasteiger partial charge is 0.187 e. The van der Waals surface area contributed by atoms with Crippen molar-refractivity contribution >= 4 is 10.8 Å². The predicted octanol–water partition coefficient (Wildman–Crippen LogP) is 4.53. The summed E-state index contributed by atoms with van der Waals surface area (Å²) >= 11 is 0. The SMILES string of the molecule is Cc1ccc2c3c(cccc13)C1N=NC(C)(C)C21. The van der Waals surface area contributed by atoms with Gasteiger partial charge < -0.3 is 0 Å². The van der Waals surface area contributed by atoms with Gasteiger partial charge in [-0.3, -0.25) is 0 Å². The fourth-order valence-corrected chi connectivity index (χ4v) is 3.63. The Labute approximate surface area is 107 Å². The summed E-state index contributed by atoms with van der Waals surface area (Å²) in [5.74, 6) is 0.415. The summed E-state index contributed by atoms with van der Waals surface area (Å²) in [4.78, 5) is 0. The normalized spacial score (nSPS) is 26.8. The molecule has 2 nitrogen and oxygen atoms in total. The molecule has 2 heteroatoms. The highest BCUT2D eigenvalue weighted by Crippen LogP contribution is 2.56. The van der Waals surface area contributed by atoms with E-state index in [1.165, 1.54) is 27.5 Å². The summed E-state index contributed by atoms with van der Waals surface area (Å²) < 4.78 is 0. The topological polar surface area (TPSA) is 24.7 Å². The van der Waals surface area contributed by atoms with E-state index in [0.717, 1.165) is 0 Å². The lowest BCUT2D eigenvalue weighted by atomic mass is 9.82. The summed E-state index contributed by atoms with van der Waals surface area (Å²) in [5, 5.41) is 11.8. The summed E-state index contributed by atoms with van der Waals surface area (Å²) in [7, 11) is 0. The van der Waals surface area contributed by atoms with Gasteiger partial charge in [-0.25, -0.2) is 0 Å². The molecule has 2 aliphatic rings. The number of hydrogen-bond donors (Lipinski definition) is 0. The summed E-state index contributed by atoms with van der Waals surface area (Å²) in [5.41, 5.74) is 4.08. The van der Waals surface area contributed by atoms with Crippen LogP contribution in [0.3, 0.4) is 0 Å². The van der Waals surface area contributed by atoms with Crippen molar-refractivity contribution in [3.05, 3.63) is 47.0 Å². The van der Waals surface area contributed by atoms with Crippen LogP contribution in [0.15, 0.2) is 40.6 Å². The van der Waals surface area contributed by atoms with Crippen LogP contribution < -0.4 is 0 Å². The zero-order chi connectivity index (χ0) is 12.5. The van der Waals surface area contributed by atoms with E-state index in [1.807, 2.05) is 0 Å². The first-order valence-corrected chi connectivity index (χ1v) is 6.54. The van der Waals surface area contributed by atoms with Crippen LogP contribution in [-0.4, -0.2) is 5.54 Å². The molecule has 0 fully saturated rings. The van der Waals surface area contributed by atoms with Gasteiger partial charge in [-0.2, -0.15) is 10.2 Å². The fraction of sp³-hybridized carbons (Fsp3) is 0.375. The molecule has 0 aromatic heterocycles. The van der Waals surface area contributed by atoms with Crippen molar-refractivity contribution in [2.75, 3.05) is 0 Å². The number of fused-ring (bicyclic) bond motifs is 3. The molecular weight excluding hydrogens is 220 g/mol. The number of benzene rings is 2. The highest BCUT2D eigenvalue weighted by molar-refractivity contribution is 5.94. The molecule has 0 saturated carbocycles. The van der Waals surface area contributed by atoms with E-state index >= 15 is 0 Å². The molecule has 18 heavy (non-hydrogen) atoms. The molecule has 0 N–H and O–H groups in total. The zero-order valence-electron chi connectivity index (χ0n) is 10.9. The molecule has 0 saturated heterocycles. The lowest BCUT2D eigenvalue weighted by Gasteiger charge is -2.23. The van der Waals surface area contributed by atoms with Crippen LogP contribution in [0.5, 0.6) is 0 Å². The number of hydrogen-bond acceptors (Lipinski definition) is 2. The molecule has 1 heterocycles. The van der Waals surface area contributed by atoms with E-state index in [2.05, 4.69) is 61.3 Å². The van der Waals surface area contributed by atoms with Gasteiger partial charge in [-0.05, 0) is 48.2 Å². The second kappa shape index (κ2) is 3.00. The van der Waals surface area contributed by atoms with Crippen molar-refractivity contribution < 1.29 is 0 Å². The first-order valence-electron chi connectivity index (χ1n) is 6.54. The number of nitrogens with zero attached hydrogens (tertiary/aromatic N) is 2. The van der Waals surface area contributed by atoms with E-state index in [9.17, 15) is 0 Å². The number of aryl methyl sites for hydroxylation is 1. The van der Waals surface area contributed by atoms with Crippen LogP contribution in [0.25, 0.3) is 10.8 Å². The van der Waals surface area contributed by atoms with Crippen molar-refractivity contribution in [1.82, 2.24) is 0 Å². The van der Waals surface area contributed by atoms with Crippen LogP contribution in [-0.2, 0) is 0 Å². The van der Waals surface area contributed by atoms with Gasteiger partial charge in [0.05, 0.1) is 5.54 Å². The summed E-state index contributed by atoms with van der Waals surface area (Å²) in [6, 6.07) is 11.3. The maximum Gasteiger partial charge on any atom is 0.106 e. The molecule has 2 aromatic carbocycles. The van der Waals surface area contributed by atoms with E-state index < -0.39 is 0 Å². The van der Waals surface area contributed by atoms with Crippen LogP contribution in [0, 0.1) is 6.92 Å². The minimum atomic E-state index is -0.0775. The summed E-state index contributed by atoms with van der Waals surface area (Å²) in [6.45, 7) is 6.57. The predicted molar refractivity (Wildman–Crippen MR) is 73.1 cm³/mol. The molecule has 2 unspecified atom stereocenters. The lowest BCUT2D eigenvalue weighted by molar-refractivity contribution is 0.438. The first-order chi connectivity index (χ1) is 8.59. The molecule has 0 radical (unpaired) electrons. The van der Waals surface area contributed by atoms with Crippen LogP contribution in [0.2, 0.25) is 0 Å². The second-order valence-electron chi connectivity index (χ2n) is 6.03. The second-order valence-corrected chi connectivity index (χ2v) is 6.03. The molecule has 0 amide bonds. The van der Waals surface area contributed by atoms with Gasteiger partial charge in [-0.1, -0.05) is 30.3 Å². The molecule has 0 spiro atoms. The van der Waals surface area contributed by atoms with Gasteiger partial charge in [0, 0.05) is 5.92 Å². The van der Waals surface area contributed by atoms with E-state index in [1.54, 1.807) is 0 Å². The highest BCUT2D eigenvalue weighted by Gasteiger charge is 2.47. The Morgan fingerprint density at radius 3 is 2.72 bits per heavy atom. The quantitative estimate of drug-likeness (QED) is 0.642. The van der Waals surface area contributed by atoms with Crippen LogP contribution in [0.4, 0.5) is 0 Å². The van der Waals surface area contributed by atoms with E-state index in [0.29, 0.717) is 5.92 Å². The number of azo groups is 1. The van der Waals surface area contributed by atoms with Crippen molar-refractivity contribution in [2.24, 2.45) is 10.2 Å². The van der Waals surface area contributed by atoms with Gasteiger partial charge in [-0.15, -0.1) is 0 Å². The van der Waals surface area contributed by atoms with Crippen LogP contribution in [0.1, 0.15) is 42.5 Å². The third-order valence-corrected chi connectivity index (χ3v) is 4.49. The fourth-order valence-electron chi connectivity index (χ4n) is 3.63. The molecule has 0 bridgehead atoms. The highest BCUT2D eigenvalue weighted by atomic mass is 15.2. The standard InChI is InChI=1S/C16H16N2/c1-9-7-8-11-13-10(9)5-4-6-12(13)15-14(11)16(2,3)18-17-15/h4-8,14-15H,1-3H3. The smallest absolute Gasteiger partial charge is 0.106 e. The van der Waals surface area contributed by atoms with Crippen molar-refractivity contribution in [3.63, 3.8) is 0 Å². The van der Waals surface area contributed by atoms with Gasteiger partial charge in [0.25, 0.3) is 0 Å². The van der Waals surface area contributed by atoms with E-state index in [4.69, 9.17) is 0 Å². The maximum atomic E-state index is 4.54. The third kappa shape index (κ3) is 1.04. The van der Waals surface area contributed by atoms with Gasteiger partial charge >= 0.3 is 0 Å². The van der Waals surface area contributed by atoms with Gasteiger partial charge in [0.2, 0.25) is 0 Å². The minimum absolute atomic E-state index is 0.0775. The molecule has 2 atom stereocenters. The monoisotopic (exact) mass is 236 g/mol. The van der Waals surface area contributed by atoms with Crippen LogP contribution >= 0.6 is 0 Å². The average molecular weight is 236 g/mol. The zero-order valence-corrected chi connectivity index (χ0v) is 10.9. The Morgan fingerprint density at radius 2 is 1.89 bits per heavy atom. The van der Waals surface area contributed by atoms with Crippen molar-refractivity contribution in [1.29, 1.82) is 0 Å². The van der Waals surface area contributed by atoms with Crippen molar-refractivity contribution in [3.8, 4) is 0 Å². The maximum absolute atomic E-state index is 4.54. The Hall–Kier alpha value is -1.70. The van der Waals surface area contributed by atoms with E-state index in [-0.39, 0.29) is 11.6 Å². The molecule has 4 rings (SSSR count). The Bertz CT molecular complexity index is 698. The molecule has 1 aliphatic carbocycles.